The van der Waals surface area contributed by atoms with Crippen LogP contribution in [0.4, 0.5) is 0 Å². The Balaban J connectivity index is 1.89. The molecule has 2 heterocycles. The van der Waals surface area contributed by atoms with Crippen LogP contribution in [-0.4, -0.2) is 37.9 Å². The van der Waals surface area contributed by atoms with E-state index in [9.17, 15) is 0 Å². The number of para-hydroxylation sites is 1. The van der Waals surface area contributed by atoms with Gasteiger partial charge in [-0.2, -0.15) is 11.8 Å². The summed E-state index contributed by atoms with van der Waals surface area (Å²) in [6.07, 6.45) is 1.27. The van der Waals surface area contributed by atoms with Crippen LogP contribution in [0, 0.1) is 0 Å². The predicted molar refractivity (Wildman–Crippen MR) is 74.5 cm³/mol. The van der Waals surface area contributed by atoms with Crippen molar-refractivity contribution < 1.29 is 9.47 Å². The minimum Gasteiger partial charge on any atom is -0.493 e. The van der Waals surface area contributed by atoms with E-state index in [0.717, 1.165) is 36.9 Å². The van der Waals surface area contributed by atoms with Crippen molar-refractivity contribution in [2.24, 2.45) is 0 Å². The first-order valence-electron chi connectivity index (χ1n) is 6.51. The molecule has 0 saturated carbocycles. The number of thioether (sulfide) groups is 1. The molecule has 1 saturated heterocycles. The van der Waals surface area contributed by atoms with E-state index in [2.05, 4.69) is 23.5 Å². The van der Waals surface area contributed by atoms with Crippen LogP contribution in [0.2, 0.25) is 0 Å². The molecule has 0 radical (unpaired) electrons. The third kappa shape index (κ3) is 2.25. The van der Waals surface area contributed by atoms with Crippen molar-refractivity contribution in [1.82, 2.24) is 5.32 Å². The average Bonchev–Trinajstić information content (AvgIpc) is 2.90. The minimum absolute atomic E-state index is 0.228. The van der Waals surface area contributed by atoms with Crippen molar-refractivity contribution in [1.29, 1.82) is 0 Å². The van der Waals surface area contributed by atoms with Crippen molar-refractivity contribution in [2.75, 3.05) is 31.8 Å². The standard InChI is InChI=1S/C14H19NO2S/c1-15-13(12-9-18-8-7-16-12)11-4-2-3-10-5-6-17-14(10)11/h2-4,12-13,15H,5-9H2,1H3. The molecule has 2 unspecified atom stereocenters. The van der Waals surface area contributed by atoms with E-state index < -0.39 is 0 Å². The highest BCUT2D eigenvalue weighted by molar-refractivity contribution is 7.99. The van der Waals surface area contributed by atoms with Gasteiger partial charge in [0.1, 0.15) is 5.75 Å². The molecular weight excluding hydrogens is 246 g/mol. The van der Waals surface area contributed by atoms with E-state index in [4.69, 9.17) is 9.47 Å². The third-order valence-corrected chi connectivity index (χ3v) is 4.62. The van der Waals surface area contributed by atoms with Gasteiger partial charge in [-0.3, -0.25) is 0 Å². The number of hydrogen-bond acceptors (Lipinski definition) is 4. The molecule has 0 aromatic heterocycles. The lowest BCUT2D eigenvalue weighted by Gasteiger charge is -2.31. The van der Waals surface area contributed by atoms with Gasteiger partial charge in [0.2, 0.25) is 0 Å². The third-order valence-electron chi connectivity index (χ3n) is 3.60. The van der Waals surface area contributed by atoms with Crippen LogP contribution in [0.1, 0.15) is 17.2 Å². The molecule has 3 rings (SSSR count). The number of ether oxygens (including phenoxy) is 2. The number of fused-ring (bicyclic) bond motifs is 1. The molecule has 1 aromatic carbocycles. The summed E-state index contributed by atoms with van der Waals surface area (Å²) in [5, 5.41) is 3.40. The van der Waals surface area contributed by atoms with E-state index in [1.165, 1.54) is 11.1 Å². The molecule has 0 aliphatic carbocycles. The zero-order valence-corrected chi connectivity index (χ0v) is 11.5. The van der Waals surface area contributed by atoms with Crippen molar-refractivity contribution in [3.05, 3.63) is 29.3 Å². The van der Waals surface area contributed by atoms with Gasteiger partial charge in [-0.1, -0.05) is 18.2 Å². The Hall–Kier alpha value is -0.710. The maximum Gasteiger partial charge on any atom is 0.127 e. The van der Waals surface area contributed by atoms with Gasteiger partial charge in [0, 0.05) is 23.5 Å². The zero-order chi connectivity index (χ0) is 12.4. The Kier molecular flexibility index (Phi) is 3.77. The maximum absolute atomic E-state index is 5.91. The normalized spacial score (nSPS) is 24.4. The summed E-state index contributed by atoms with van der Waals surface area (Å²) < 4.78 is 11.7. The fourth-order valence-electron chi connectivity index (χ4n) is 2.73. The first-order valence-corrected chi connectivity index (χ1v) is 7.67. The highest BCUT2D eigenvalue weighted by atomic mass is 32.2. The summed E-state index contributed by atoms with van der Waals surface area (Å²) in [5.74, 6) is 3.24. The Morgan fingerprint density at radius 1 is 1.39 bits per heavy atom. The van der Waals surface area contributed by atoms with Crippen LogP contribution in [0.15, 0.2) is 18.2 Å². The van der Waals surface area contributed by atoms with E-state index in [-0.39, 0.29) is 12.1 Å². The van der Waals surface area contributed by atoms with E-state index >= 15 is 0 Å². The van der Waals surface area contributed by atoms with E-state index in [1.54, 1.807) is 0 Å². The first kappa shape index (κ1) is 12.3. The maximum atomic E-state index is 5.91. The summed E-state index contributed by atoms with van der Waals surface area (Å²) in [5.41, 5.74) is 2.58. The molecule has 2 atom stereocenters. The number of likely N-dealkylation sites (N-methyl/N-ethyl adjacent to an activating group) is 1. The largest absolute Gasteiger partial charge is 0.493 e. The quantitative estimate of drug-likeness (QED) is 0.905. The molecule has 0 amide bonds. The second-order valence-electron chi connectivity index (χ2n) is 4.68. The van der Waals surface area contributed by atoms with Gasteiger partial charge in [-0.25, -0.2) is 0 Å². The number of nitrogens with one attached hydrogen (secondary N) is 1. The van der Waals surface area contributed by atoms with E-state index in [0.29, 0.717) is 0 Å². The second-order valence-corrected chi connectivity index (χ2v) is 5.83. The molecule has 2 aliphatic rings. The number of hydrogen-bond donors (Lipinski definition) is 1. The molecule has 4 heteroatoms. The van der Waals surface area contributed by atoms with Crippen LogP contribution >= 0.6 is 11.8 Å². The molecule has 0 spiro atoms. The lowest BCUT2D eigenvalue weighted by Crippen LogP contribution is -2.36. The number of rotatable bonds is 3. The van der Waals surface area contributed by atoms with Crippen LogP contribution in [0.5, 0.6) is 5.75 Å². The molecule has 3 nitrogen and oxygen atoms in total. The zero-order valence-electron chi connectivity index (χ0n) is 10.6. The number of benzene rings is 1. The first-order chi connectivity index (χ1) is 8.90. The molecule has 18 heavy (non-hydrogen) atoms. The van der Waals surface area contributed by atoms with Crippen molar-refractivity contribution >= 4 is 11.8 Å². The fraction of sp³-hybridized carbons (Fsp3) is 0.571. The topological polar surface area (TPSA) is 30.5 Å². The summed E-state index contributed by atoms with van der Waals surface area (Å²) in [6.45, 7) is 1.66. The van der Waals surface area contributed by atoms with Crippen molar-refractivity contribution in [2.45, 2.75) is 18.6 Å². The minimum atomic E-state index is 0.228. The Morgan fingerprint density at radius 2 is 2.33 bits per heavy atom. The molecule has 1 fully saturated rings. The molecule has 1 aromatic rings. The molecule has 98 valence electrons. The van der Waals surface area contributed by atoms with Crippen molar-refractivity contribution in [3.8, 4) is 5.75 Å². The summed E-state index contributed by atoms with van der Waals surface area (Å²) in [6, 6.07) is 6.68. The lowest BCUT2D eigenvalue weighted by molar-refractivity contribution is 0.0482. The lowest BCUT2D eigenvalue weighted by atomic mass is 9.98. The predicted octanol–water partition coefficient (Wildman–Crippen LogP) is 2.01. The van der Waals surface area contributed by atoms with Crippen LogP contribution in [0.3, 0.4) is 0 Å². The van der Waals surface area contributed by atoms with E-state index in [1.807, 2.05) is 18.8 Å². The molecular formula is C14H19NO2S. The van der Waals surface area contributed by atoms with Gasteiger partial charge < -0.3 is 14.8 Å². The van der Waals surface area contributed by atoms with Gasteiger partial charge in [0.15, 0.2) is 0 Å². The second kappa shape index (κ2) is 5.51. The highest BCUT2D eigenvalue weighted by Crippen LogP contribution is 2.36. The highest BCUT2D eigenvalue weighted by Gasteiger charge is 2.29. The molecule has 2 aliphatic heterocycles. The Labute approximate surface area is 112 Å². The van der Waals surface area contributed by atoms with Crippen LogP contribution in [0.25, 0.3) is 0 Å². The average molecular weight is 265 g/mol. The van der Waals surface area contributed by atoms with Gasteiger partial charge in [-0.05, 0) is 12.6 Å². The molecule has 1 N–H and O–H groups in total. The fourth-order valence-corrected chi connectivity index (χ4v) is 3.63. The van der Waals surface area contributed by atoms with Gasteiger partial charge in [0.05, 0.1) is 25.4 Å². The van der Waals surface area contributed by atoms with Crippen LogP contribution < -0.4 is 10.1 Å². The monoisotopic (exact) mass is 265 g/mol. The Bertz CT molecular complexity index is 418. The summed E-state index contributed by atoms with van der Waals surface area (Å²) in [7, 11) is 2.00. The molecule has 0 bridgehead atoms. The van der Waals surface area contributed by atoms with Crippen LogP contribution in [-0.2, 0) is 11.2 Å². The van der Waals surface area contributed by atoms with Crippen molar-refractivity contribution in [3.63, 3.8) is 0 Å². The SMILES string of the molecule is CNC(c1cccc2c1OCC2)C1CSCCO1. The Morgan fingerprint density at radius 3 is 3.11 bits per heavy atom. The summed E-state index contributed by atoms with van der Waals surface area (Å²) in [4.78, 5) is 0. The van der Waals surface area contributed by atoms with Gasteiger partial charge in [0.25, 0.3) is 0 Å². The summed E-state index contributed by atoms with van der Waals surface area (Å²) >= 11 is 1.97. The van der Waals surface area contributed by atoms with Gasteiger partial charge >= 0.3 is 0 Å². The smallest absolute Gasteiger partial charge is 0.127 e. The van der Waals surface area contributed by atoms with Gasteiger partial charge in [-0.15, -0.1) is 0 Å².